The van der Waals surface area contributed by atoms with Crippen LogP contribution in [-0.4, -0.2) is 39.7 Å². The monoisotopic (exact) mass is 535 g/mol. The third-order valence-corrected chi connectivity index (χ3v) is 6.30. The SMILES string of the molecule is COc1ccc(Br)cc1C=NNC(=O)CSc1nnc(-c2ccc(C)cc2)n1-c1ccccc1. The highest BCUT2D eigenvalue weighted by atomic mass is 79.9. The fraction of sp³-hybridized carbons (Fsp3) is 0.120. The maximum atomic E-state index is 12.4. The zero-order valence-corrected chi connectivity index (χ0v) is 21.0. The van der Waals surface area contributed by atoms with Crippen LogP contribution in [0.15, 0.2) is 87.5 Å². The van der Waals surface area contributed by atoms with E-state index in [2.05, 4.69) is 36.7 Å². The van der Waals surface area contributed by atoms with Crippen molar-refractivity contribution in [3.05, 3.63) is 88.4 Å². The molecule has 0 saturated carbocycles. The number of rotatable bonds is 8. The lowest BCUT2D eigenvalue weighted by atomic mass is 10.1. The highest BCUT2D eigenvalue weighted by Gasteiger charge is 2.17. The number of hydrogen-bond donors (Lipinski definition) is 1. The third kappa shape index (κ3) is 5.73. The molecule has 0 aliphatic rings. The molecule has 1 N–H and O–H groups in total. The Hall–Kier alpha value is -3.43. The summed E-state index contributed by atoms with van der Waals surface area (Å²) >= 11 is 4.72. The molecule has 1 heterocycles. The molecular formula is C25H22BrN5O2S. The van der Waals surface area contributed by atoms with Gasteiger partial charge in [0, 0.05) is 21.3 Å². The molecule has 3 aromatic carbocycles. The van der Waals surface area contributed by atoms with Gasteiger partial charge in [-0.25, -0.2) is 5.43 Å². The molecule has 0 spiro atoms. The summed E-state index contributed by atoms with van der Waals surface area (Å²) in [7, 11) is 1.59. The zero-order chi connectivity index (χ0) is 23.9. The van der Waals surface area contributed by atoms with E-state index >= 15 is 0 Å². The number of amides is 1. The Labute approximate surface area is 210 Å². The van der Waals surface area contributed by atoms with Crippen molar-refractivity contribution in [3.8, 4) is 22.8 Å². The fourth-order valence-corrected chi connectivity index (χ4v) is 4.33. The largest absolute Gasteiger partial charge is 0.496 e. The predicted octanol–water partition coefficient (Wildman–Crippen LogP) is 5.26. The second-order valence-electron chi connectivity index (χ2n) is 7.31. The van der Waals surface area contributed by atoms with Crippen molar-refractivity contribution < 1.29 is 9.53 Å². The van der Waals surface area contributed by atoms with Gasteiger partial charge in [0.1, 0.15) is 5.75 Å². The van der Waals surface area contributed by atoms with Crippen LogP contribution in [0.5, 0.6) is 5.75 Å². The lowest BCUT2D eigenvalue weighted by Crippen LogP contribution is -2.20. The molecular weight excluding hydrogens is 514 g/mol. The number of halogens is 1. The van der Waals surface area contributed by atoms with Crippen molar-refractivity contribution in [1.82, 2.24) is 20.2 Å². The van der Waals surface area contributed by atoms with E-state index < -0.39 is 0 Å². The molecule has 0 aliphatic heterocycles. The first-order chi connectivity index (χ1) is 16.5. The van der Waals surface area contributed by atoms with Crippen LogP contribution < -0.4 is 10.2 Å². The number of hydrogen-bond acceptors (Lipinski definition) is 6. The highest BCUT2D eigenvalue weighted by molar-refractivity contribution is 9.10. The molecule has 0 fully saturated rings. The lowest BCUT2D eigenvalue weighted by Gasteiger charge is -2.10. The van der Waals surface area contributed by atoms with Crippen molar-refractivity contribution >= 4 is 39.8 Å². The van der Waals surface area contributed by atoms with Crippen LogP contribution in [0.3, 0.4) is 0 Å². The summed E-state index contributed by atoms with van der Waals surface area (Å²) < 4.78 is 8.16. The van der Waals surface area contributed by atoms with Gasteiger partial charge in [-0.2, -0.15) is 5.10 Å². The van der Waals surface area contributed by atoms with Crippen molar-refractivity contribution in [2.75, 3.05) is 12.9 Å². The molecule has 0 atom stereocenters. The quantitative estimate of drug-likeness (QED) is 0.189. The zero-order valence-electron chi connectivity index (χ0n) is 18.6. The van der Waals surface area contributed by atoms with Gasteiger partial charge in [0.05, 0.1) is 19.1 Å². The summed E-state index contributed by atoms with van der Waals surface area (Å²) in [5.74, 6) is 1.25. The van der Waals surface area contributed by atoms with E-state index in [1.165, 1.54) is 17.3 Å². The van der Waals surface area contributed by atoms with Crippen molar-refractivity contribution in [3.63, 3.8) is 0 Å². The minimum Gasteiger partial charge on any atom is -0.496 e. The minimum absolute atomic E-state index is 0.131. The van der Waals surface area contributed by atoms with E-state index in [4.69, 9.17) is 4.74 Å². The number of methoxy groups -OCH3 is 1. The van der Waals surface area contributed by atoms with Crippen LogP contribution in [0.25, 0.3) is 17.1 Å². The normalized spacial score (nSPS) is 11.0. The highest BCUT2D eigenvalue weighted by Crippen LogP contribution is 2.28. The number of nitrogens with zero attached hydrogens (tertiary/aromatic N) is 4. The number of ether oxygens (including phenoxy) is 1. The van der Waals surface area contributed by atoms with Crippen LogP contribution in [0.2, 0.25) is 0 Å². The molecule has 9 heteroatoms. The third-order valence-electron chi connectivity index (χ3n) is 4.87. The van der Waals surface area contributed by atoms with E-state index in [-0.39, 0.29) is 11.7 Å². The Kier molecular flexibility index (Phi) is 7.76. The number of carbonyl (C=O) groups excluding carboxylic acids is 1. The summed E-state index contributed by atoms with van der Waals surface area (Å²) in [5.41, 5.74) is 6.34. The molecule has 4 aromatic rings. The van der Waals surface area contributed by atoms with Gasteiger partial charge in [0.15, 0.2) is 11.0 Å². The number of aromatic nitrogens is 3. The molecule has 4 rings (SSSR count). The number of aryl methyl sites for hydroxylation is 1. The number of hydrazone groups is 1. The van der Waals surface area contributed by atoms with Gasteiger partial charge in [-0.1, -0.05) is 75.7 Å². The Morgan fingerprint density at radius 2 is 1.88 bits per heavy atom. The van der Waals surface area contributed by atoms with Gasteiger partial charge in [0.25, 0.3) is 5.91 Å². The predicted molar refractivity (Wildman–Crippen MR) is 139 cm³/mol. The standard InChI is InChI=1S/C25H22BrN5O2S/c1-17-8-10-18(11-9-17)24-29-30-25(31(24)21-6-4-3-5-7-21)34-16-23(32)28-27-15-19-14-20(26)12-13-22(19)33-2/h3-15H,16H2,1-2H3,(H,28,32). The van der Waals surface area contributed by atoms with Crippen molar-refractivity contribution in [2.45, 2.75) is 12.1 Å². The molecule has 0 aliphatic carbocycles. The van der Waals surface area contributed by atoms with Gasteiger partial charge in [0.2, 0.25) is 0 Å². The van der Waals surface area contributed by atoms with Gasteiger partial charge in [-0.15, -0.1) is 10.2 Å². The topological polar surface area (TPSA) is 81.4 Å². The first-order valence-corrected chi connectivity index (χ1v) is 12.2. The lowest BCUT2D eigenvalue weighted by molar-refractivity contribution is -0.118. The molecule has 34 heavy (non-hydrogen) atoms. The second-order valence-corrected chi connectivity index (χ2v) is 9.17. The molecule has 0 bridgehead atoms. The van der Waals surface area contributed by atoms with Crippen LogP contribution in [0, 0.1) is 6.92 Å². The number of nitrogens with one attached hydrogen (secondary N) is 1. The number of carbonyl (C=O) groups is 1. The van der Waals surface area contributed by atoms with Crippen LogP contribution >= 0.6 is 27.7 Å². The summed E-state index contributed by atoms with van der Waals surface area (Å²) in [6, 6.07) is 23.5. The molecule has 7 nitrogen and oxygen atoms in total. The van der Waals surface area contributed by atoms with Crippen LogP contribution in [0.4, 0.5) is 0 Å². The summed E-state index contributed by atoms with van der Waals surface area (Å²) in [6.45, 7) is 2.04. The molecule has 172 valence electrons. The van der Waals surface area contributed by atoms with E-state index in [9.17, 15) is 4.79 Å². The van der Waals surface area contributed by atoms with Crippen molar-refractivity contribution in [1.29, 1.82) is 0 Å². The molecule has 1 aromatic heterocycles. The summed E-state index contributed by atoms with van der Waals surface area (Å²) in [6.07, 6.45) is 1.55. The smallest absolute Gasteiger partial charge is 0.250 e. The first-order valence-electron chi connectivity index (χ1n) is 10.4. The average Bonchev–Trinajstić information content (AvgIpc) is 3.28. The van der Waals surface area contributed by atoms with Gasteiger partial charge < -0.3 is 4.74 Å². The minimum atomic E-state index is -0.255. The summed E-state index contributed by atoms with van der Waals surface area (Å²) in [4.78, 5) is 12.4. The Morgan fingerprint density at radius 3 is 2.62 bits per heavy atom. The Balaban J connectivity index is 1.49. The Morgan fingerprint density at radius 1 is 1.12 bits per heavy atom. The van der Waals surface area contributed by atoms with E-state index in [0.717, 1.165) is 21.3 Å². The Bertz CT molecular complexity index is 1310. The molecule has 0 radical (unpaired) electrons. The van der Waals surface area contributed by atoms with Gasteiger partial charge in [-0.05, 0) is 37.3 Å². The summed E-state index contributed by atoms with van der Waals surface area (Å²) in [5, 5.41) is 13.5. The van der Waals surface area contributed by atoms with Gasteiger partial charge in [-0.3, -0.25) is 9.36 Å². The van der Waals surface area contributed by atoms with E-state index in [0.29, 0.717) is 16.7 Å². The second kappa shape index (κ2) is 11.1. The van der Waals surface area contributed by atoms with Crippen molar-refractivity contribution in [2.24, 2.45) is 5.10 Å². The van der Waals surface area contributed by atoms with E-state index in [1.54, 1.807) is 13.3 Å². The number of benzene rings is 3. The molecule has 1 amide bonds. The first kappa shape index (κ1) is 23.7. The van der Waals surface area contributed by atoms with E-state index in [1.807, 2.05) is 84.3 Å². The number of para-hydroxylation sites is 1. The fourth-order valence-electron chi connectivity index (χ4n) is 3.21. The number of thioether (sulfide) groups is 1. The molecule has 0 unspecified atom stereocenters. The molecule has 0 saturated heterocycles. The van der Waals surface area contributed by atoms with Gasteiger partial charge >= 0.3 is 0 Å². The van der Waals surface area contributed by atoms with Crippen LogP contribution in [-0.2, 0) is 4.79 Å². The van der Waals surface area contributed by atoms with Crippen LogP contribution in [0.1, 0.15) is 11.1 Å². The maximum Gasteiger partial charge on any atom is 0.250 e. The maximum absolute atomic E-state index is 12.4. The average molecular weight is 536 g/mol.